The van der Waals surface area contributed by atoms with E-state index in [-0.39, 0.29) is 27.9 Å². The number of benzene rings is 2. The average molecular weight is 441 g/mol. The first-order valence-corrected chi connectivity index (χ1v) is 10.3. The molecule has 0 unspecified atom stereocenters. The molecule has 5 nitrogen and oxygen atoms in total. The zero-order valence-electron chi connectivity index (χ0n) is 15.9. The number of aryl methyl sites for hydroxylation is 2. The maximum atomic E-state index is 14.8. The highest BCUT2D eigenvalue weighted by atomic mass is 35.5. The highest BCUT2D eigenvalue weighted by molar-refractivity contribution is 7.15. The SMILES string of the molecule is Cc1nc(N2C(=O)c3oc4ccc(Cl)cc4c(=O)c3[C@H]2c2ccccc2F)sc1C. The second-order valence-corrected chi connectivity index (χ2v) is 8.67. The third-order valence-electron chi connectivity index (χ3n) is 5.26. The minimum atomic E-state index is -0.988. The van der Waals surface area contributed by atoms with Crippen LogP contribution in [0.1, 0.15) is 38.3 Å². The number of hydrogen-bond donors (Lipinski definition) is 0. The Bertz CT molecular complexity index is 1390. The van der Waals surface area contributed by atoms with Gasteiger partial charge >= 0.3 is 0 Å². The molecule has 4 aromatic rings. The van der Waals surface area contributed by atoms with Crippen LogP contribution in [0.5, 0.6) is 0 Å². The maximum absolute atomic E-state index is 14.8. The molecule has 0 aliphatic carbocycles. The first-order valence-electron chi connectivity index (χ1n) is 9.15. The second-order valence-electron chi connectivity index (χ2n) is 7.05. The van der Waals surface area contributed by atoms with E-state index in [2.05, 4.69) is 4.98 Å². The summed E-state index contributed by atoms with van der Waals surface area (Å²) in [5.74, 6) is -1.15. The number of nitrogens with zero attached hydrogens (tertiary/aromatic N) is 2. The maximum Gasteiger partial charge on any atom is 0.297 e. The largest absolute Gasteiger partial charge is 0.450 e. The summed E-state index contributed by atoms with van der Waals surface area (Å²) in [7, 11) is 0. The fourth-order valence-electron chi connectivity index (χ4n) is 3.69. The van der Waals surface area contributed by atoms with Crippen molar-refractivity contribution < 1.29 is 13.6 Å². The van der Waals surface area contributed by atoms with Crippen LogP contribution in [0.3, 0.4) is 0 Å². The molecule has 2 aromatic carbocycles. The molecule has 0 bridgehead atoms. The minimum Gasteiger partial charge on any atom is -0.450 e. The number of thiazole rings is 1. The van der Waals surface area contributed by atoms with Crippen molar-refractivity contribution in [3.05, 3.63) is 91.0 Å². The Labute approximate surface area is 179 Å². The molecule has 150 valence electrons. The molecule has 0 spiro atoms. The van der Waals surface area contributed by atoms with Crippen molar-refractivity contribution in [1.29, 1.82) is 0 Å². The quantitative estimate of drug-likeness (QED) is 0.418. The standard InChI is InChI=1S/C22H14ClFN2O3S/c1-10-11(2)30-22(25-10)26-18(13-5-3-4-6-15(13)24)17-19(27)14-9-12(23)7-8-16(14)29-20(17)21(26)28/h3-9,18H,1-2H3/t18-/m1/s1. The second kappa shape index (κ2) is 6.75. The fraction of sp³-hybridized carbons (Fsp3) is 0.136. The van der Waals surface area contributed by atoms with E-state index in [4.69, 9.17) is 16.0 Å². The molecule has 0 fully saturated rings. The summed E-state index contributed by atoms with van der Waals surface area (Å²) in [6.45, 7) is 3.73. The average Bonchev–Trinajstić information content (AvgIpc) is 3.19. The number of amides is 1. The molecule has 30 heavy (non-hydrogen) atoms. The van der Waals surface area contributed by atoms with E-state index in [1.54, 1.807) is 30.3 Å². The molecule has 2 aromatic heterocycles. The number of halogens is 2. The zero-order chi connectivity index (χ0) is 21.2. The van der Waals surface area contributed by atoms with Crippen LogP contribution in [-0.2, 0) is 0 Å². The molecule has 0 radical (unpaired) electrons. The van der Waals surface area contributed by atoms with Crippen molar-refractivity contribution in [2.24, 2.45) is 0 Å². The van der Waals surface area contributed by atoms with Crippen molar-refractivity contribution >= 4 is 44.9 Å². The Morgan fingerprint density at radius 3 is 2.63 bits per heavy atom. The van der Waals surface area contributed by atoms with Gasteiger partial charge in [-0.3, -0.25) is 14.5 Å². The van der Waals surface area contributed by atoms with Crippen LogP contribution in [0.25, 0.3) is 11.0 Å². The fourth-order valence-corrected chi connectivity index (χ4v) is 4.80. The van der Waals surface area contributed by atoms with Crippen molar-refractivity contribution in [3.63, 3.8) is 0 Å². The number of fused-ring (bicyclic) bond motifs is 2. The van der Waals surface area contributed by atoms with Crippen molar-refractivity contribution in [3.8, 4) is 0 Å². The molecular formula is C22H14ClFN2O3S. The lowest BCUT2D eigenvalue weighted by Crippen LogP contribution is -2.30. The van der Waals surface area contributed by atoms with Gasteiger partial charge in [-0.25, -0.2) is 9.37 Å². The summed E-state index contributed by atoms with van der Waals surface area (Å²) in [4.78, 5) is 33.6. The third-order valence-corrected chi connectivity index (χ3v) is 6.56. The highest BCUT2D eigenvalue weighted by Gasteiger charge is 2.45. The van der Waals surface area contributed by atoms with Crippen LogP contribution in [0.15, 0.2) is 51.7 Å². The molecule has 1 aliphatic rings. The normalized spacial score (nSPS) is 15.8. The molecule has 0 saturated carbocycles. The van der Waals surface area contributed by atoms with E-state index < -0.39 is 23.2 Å². The Balaban J connectivity index is 1.85. The topological polar surface area (TPSA) is 63.4 Å². The molecule has 1 amide bonds. The first-order chi connectivity index (χ1) is 14.4. The number of carbonyl (C=O) groups is 1. The molecule has 0 saturated heterocycles. The van der Waals surface area contributed by atoms with E-state index in [1.807, 2.05) is 13.8 Å². The Hall–Kier alpha value is -3.03. The lowest BCUT2D eigenvalue weighted by Gasteiger charge is -2.22. The zero-order valence-corrected chi connectivity index (χ0v) is 17.5. The van der Waals surface area contributed by atoms with E-state index in [0.29, 0.717) is 10.2 Å². The Morgan fingerprint density at radius 2 is 1.93 bits per heavy atom. The smallest absolute Gasteiger partial charge is 0.297 e. The molecule has 1 atom stereocenters. The Kier molecular flexibility index (Phi) is 4.27. The summed E-state index contributed by atoms with van der Waals surface area (Å²) >= 11 is 7.38. The van der Waals surface area contributed by atoms with Gasteiger partial charge < -0.3 is 4.42 Å². The van der Waals surface area contributed by atoms with Gasteiger partial charge in [0.2, 0.25) is 5.76 Å². The van der Waals surface area contributed by atoms with Gasteiger partial charge in [-0.2, -0.15) is 0 Å². The molecule has 5 rings (SSSR count). The van der Waals surface area contributed by atoms with Crippen molar-refractivity contribution in [1.82, 2.24) is 4.98 Å². The van der Waals surface area contributed by atoms with Crippen molar-refractivity contribution in [2.45, 2.75) is 19.9 Å². The molecule has 1 aliphatic heterocycles. The van der Waals surface area contributed by atoms with Crippen LogP contribution in [0.4, 0.5) is 9.52 Å². The number of anilines is 1. The predicted octanol–water partition coefficient (Wildman–Crippen LogP) is 5.41. The number of aromatic nitrogens is 1. The van der Waals surface area contributed by atoms with Crippen LogP contribution >= 0.6 is 22.9 Å². The molecule has 8 heteroatoms. The van der Waals surface area contributed by atoms with Crippen LogP contribution in [0, 0.1) is 19.7 Å². The summed E-state index contributed by atoms with van der Waals surface area (Å²) in [6.07, 6.45) is 0. The van der Waals surface area contributed by atoms with Crippen LogP contribution in [-0.4, -0.2) is 10.9 Å². The van der Waals surface area contributed by atoms with Gasteiger partial charge in [-0.05, 0) is 38.1 Å². The molecule has 3 heterocycles. The van der Waals surface area contributed by atoms with E-state index in [9.17, 15) is 14.0 Å². The highest BCUT2D eigenvalue weighted by Crippen LogP contribution is 2.43. The Morgan fingerprint density at radius 1 is 1.17 bits per heavy atom. The van der Waals surface area contributed by atoms with Gasteiger partial charge in [-0.15, -0.1) is 11.3 Å². The van der Waals surface area contributed by atoms with Gasteiger partial charge in [0.15, 0.2) is 10.6 Å². The molecular weight excluding hydrogens is 427 g/mol. The van der Waals surface area contributed by atoms with Crippen molar-refractivity contribution in [2.75, 3.05) is 4.90 Å². The van der Waals surface area contributed by atoms with E-state index in [1.165, 1.54) is 28.4 Å². The summed E-state index contributed by atoms with van der Waals surface area (Å²) in [5, 5.41) is 0.990. The summed E-state index contributed by atoms with van der Waals surface area (Å²) in [5.41, 5.74) is 0.886. The summed E-state index contributed by atoms with van der Waals surface area (Å²) < 4.78 is 20.7. The first kappa shape index (κ1) is 19.0. The van der Waals surface area contributed by atoms with Gasteiger partial charge in [-0.1, -0.05) is 29.8 Å². The van der Waals surface area contributed by atoms with E-state index in [0.717, 1.165) is 10.6 Å². The van der Waals surface area contributed by atoms with Gasteiger partial charge in [0, 0.05) is 15.5 Å². The number of rotatable bonds is 2. The number of hydrogen-bond acceptors (Lipinski definition) is 5. The van der Waals surface area contributed by atoms with E-state index >= 15 is 0 Å². The van der Waals surface area contributed by atoms with Gasteiger partial charge in [0.25, 0.3) is 5.91 Å². The third kappa shape index (κ3) is 2.69. The number of carbonyl (C=O) groups excluding carboxylic acids is 1. The van der Waals surface area contributed by atoms with Crippen LogP contribution < -0.4 is 10.3 Å². The predicted molar refractivity (Wildman–Crippen MR) is 114 cm³/mol. The lowest BCUT2D eigenvalue weighted by atomic mass is 9.98. The summed E-state index contributed by atoms with van der Waals surface area (Å²) in [6, 6.07) is 9.71. The molecule has 0 N–H and O–H groups in total. The van der Waals surface area contributed by atoms with Gasteiger partial charge in [0.1, 0.15) is 17.4 Å². The van der Waals surface area contributed by atoms with Gasteiger partial charge in [0.05, 0.1) is 16.6 Å². The van der Waals surface area contributed by atoms with Crippen LogP contribution in [0.2, 0.25) is 5.02 Å². The minimum absolute atomic E-state index is 0.0883. The lowest BCUT2D eigenvalue weighted by molar-refractivity contribution is 0.0970. The monoisotopic (exact) mass is 440 g/mol.